The van der Waals surface area contributed by atoms with Crippen molar-refractivity contribution in [1.82, 2.24) is 4.98 Å². The molecule has 24 heavy (non-hydrogen) atoms. The van der Waals surface area contributed by atoms with Crippen LogP contribution >= 0.6 is 0 Å². The number of oxazole rings is 1. The molecule has 0 aliphatic carbocycles. The van der Waals surface area contributed by atoms with Crippen molar-refractivity contribution >= 4 is 5.97 Å². The SMILES string of the molecule is CCCCOCCOc1nc(-c2ccc(C(=O)O)c(F)c2)oc1C. The van der Waals surface area contributed by atoms with Gasteiger partial charge in [0.05, 0.1) is 12.2 Å². The van der Waals surface area contributed by atoms with Crippen LogP contribution in [0, 0.1) is 12.7 Å². The summed E-state index contributed by atoms with van der Waals surface area (Å²) in [6.45, 7) is 5.25. The minimum absolute atomic E-state index is 0.172. The monoisotopic (exact) mass is 337 g/mol. The molecule has 0 aliphatic rings. The Hall–Kier alpha value is -2.41. The summed E-state index contributed by atoms with van der Waals surface area (Å²) in [6.07, 6.45) is 2.08. The van der Waals surface area contributed by atoms with E-state index in [1.807, 2.05) is 0 Å². The van der Waals surface area contributed by atoms with Gasteiger partial charge in [0.1, 0.15) is 12.4 Å². The van der Waals surface area contributed by atoms with E-state index in [1.165, 1.54) is 12.1 Å². The molecule has 0 amide bonds. The molecule has 6 nitrogen and oxygen atoms in total. The minimum Gasteiger partial charge on any atom is -0.478 e. The summed E-state index contributed by atoms with van der Waals surface area (Å²) in [4.78, 5) is 15.0. The first-order valence-corrected chi connectivity index (χ1v) is 7.74. The lowest BCUT2D eigenvalue weighted by Gasteiger charge is -2.04. The first kappa shape index (κ1) is 17.9. The van der Waals surface area contributed by atoms with Crippen molar-refractivity contribution < 1.29 is 28.2 Å². The van der Waals surface area contributed by atoms with Gasteiger partial charge in [0.2, 0.25) is 5.89 Å². The lowest BCUT2D eigenvalue weighted by atomic mass is 10.1. The van der Waals surface area contributed by atoms with Gasteiger partial charge in [-0.05, 0) is 31.5 Å². The number of aryl methyl sites for hydroxylation is 1. The van der Waals surface area contributed by atoms with Crippen LogP contribution in [0.5, 0.6) is 5.88 Å². The average molecular weight is 337 g/mol. The molecule has 1 N–H and O–H groups in total. The Morgan fingerprint density at radius 3 is 2.79 bits per heavy atom. The predicted octanol–water partition coefficient (Wildman–Crippen LogP) is 3.68. The number of hydrogen-bond acceptors (Lipinski definition) is 5. The molecule has 0 saturated heterocycles. The number of nitrogens with zero attached hydrogens (tertiary/aromatic N) is 1. The highest BCUT2D eigenvalue weighted by molar-refractivity contribution is 5.88. The zero-order valence-electron chi connectivity index (χ0n) is 13.7. The van der Waals surface area contributed by atoms with E-state index in [0.717, 1.165) is 18.9 Å². The Balaban J connectivity index is 2.00. The lowest BCUT2D eigenvalue weighted by molar-refractivity contribution is 0.0692. The van der Waals surface area contributed by atoms with E-state index >= 15 is 0 Å². The van der Waals surface area contributed by atoms with Crippen molar-refractivity contribution in [3.05, 3.63) is 35.3 Å². The molecular formula is C17H20FNO5. The number of benzene rings is 1. The van der Waals surface area contributed by atoms with Crippen LogP contribution in [0.4, 0.5) is 4.39 Å². The van der Waals surface area contributed by atoms with Crippen LogP contribution in [0.3, 0.4) is 0 Å². The van der Waals surface area contributed by atoms with Crippen molar-refractivity contribution in [2.75, 3.05) is 19.8 Å². The number of ether oxygens (including phenoxy) is 2. The van der Waals surface area contributed by atoms with E-state index in [1.54, 1.807) is 6.92 Å². The second kappa shape index (κ2) is 8.44. The highest BCUT2D eigenvalue weighted by Gasteiger charge is 2.16. The molecule has 0 atom stereocenters. The number of carbonyl (C=O) groups is 1. The van der Waals surface area contributed by atoms with Crippen molar-refractivity contribution in [2.45, 2.75) is 26.7 Å². The van der Waals surface area contributed by atoms with Gasteiger partial charge in [0.25, 0.3) is 5.88 Å². The van der Waals surface area contributed by atoms with E-state index in [2.05, 4.69) is 11.9 Å². The van der Waals surface area contributed by atoms with Crippen molar-refractivity contribution in [2.24, 2.45) is 0 Å². The Kier molecular flexibility index (Phi) is 6.31. The molecule has 7 heteroatoms. The number of carboxylic acid groups (broad SMARTS) is 1. The number of hydrogen-bond donors (Lipinski definition) is 1. The molecule has 130 valence electrons. The van der Waals surface area contributed by atoms with E-state index in [-0.39, 0.29) is 5.89 Å². The summed E-state index contributed by atoms with van der Waals surface area (Å²) in [5, 5.41) is 8.84. The van der Waals surface area contributed by atoms with Gasteiger partial charge in [0.15, 0.2) is 5.76 Å². The number of aromatic nitrogens is 1. The number of unbranched alkanes of at least 4 members (excludes halogenated alkanes) is 1. The Bertz CT molecular complexity index is 698. The van der Waals surface area contributed by atoms with Gasteiger partial charge < -0.3 is 19.0 Å². The first-order valence-electron chi connectivity index (χ1n) is 7.74. The molecule has 0 saturated carbocycles. The number of aromatic carboxylic acids is 1. The summed E-state index contributed by atoms with van der Waals surface area (Å²) >= 11 is 0. The molecular weight excluding hydrogens is 317 g/mol. The molecule has 2 aromatic rings. The third-order valence-corrected chi connectivity index (χ3v) is 3.31. The topological polar surface area (TPSA) is 81.8 Å². The fourth-order valence-corrected chi connectivity index (χ4v) is 2.01. The van der Waals surface area contributed by atoms with Crippen molar-refractivity contribution in [3.63, 3.8) is 0 Å². The van der Waals surface area contributed by atoms with Gasteiger partial charge in [-0.2, -0.15) is 4.98 Å². The summed E-state index contributed by atoms with van der Waals surface area (Å²) < 4.78 is 30.1. The van der Waals surface area contributed by atoms with Crippen LogP contribution in [-0.4, -0.2) is 35.9 Å². The highest BCUT2D eigenvalue weighted by atomic mass is 19.1. The molecule has 0 unspecified atom stereocenters. The van der Waals surface area contributed by atoms with Gasteiger partial charge >= 0.3 is 5.97 Å². The second-order valence-corrected chi connectivity index (χ2v) is 5.19. The number of carboxylic acids is 1. The zero-order valence-corrected chi connectivity index (χ0v) is 13.7. The maximum absolute atomic E-state index is 13.7. The van der Waals surface area contributed by atoms with E-state index in [4.69, 9.17) is 19.0 Å². The molecule has 0 bridgehead atoms. The molecule has 1 heterocycles. The van der Waals surface area contributed by atoms with Gasteiger partial charge in [-0.1, -0.05) is 13.3 Å². The van der Waals surface area contributed by atoms with Gasteiger partial charge in [-0.15, -0.1) is 0 Å². The average Bonchev–Trinajstić information content (AvgIpc) is 2.91. The maximum Gasteiger partial charge on any atom is 0.338 e. The van der Waals surface area contributed by atoms with Gasteiger partial charge in [-0.3, -0.25) is 0 Å². The van der Waals surface area contributed by atoms with Crippen LogP contribution in [0.1, 0.15) is 35.9 Å². The van der Waals surface area contributed by atoms with Crippen LogP contribution in [0.25, 0.3) is 11.5 Å². The fourth-order valence-electron chi connectivity index (χ4n) is 2.01. The molecule has 0 radical (unpaired) electrons. The fraction of sp³-hybridized carbons (Fsp3) is 0.412. The largest absolute Gasteiger partial charge is 0.478 e. The summed E-state index contributed by atoms with van der Waals surface area (Å²) in [7, 11) is 0. The lowest BCUT2D eigenvalue weighted by Crippen LogP contribution is -2.08. The molecule has 1 aromatic heterocycles. The third-order valence-electron chi connectivity index (χ3n) is 3.31. The summed E-state index contributed by atoms with van der Waals surface area (Å²) in [5.41, 5.74) is -0.0580. The Labute approximate surface area is 139 Å². The van der Waals surface area contributed by atoms with E-state index < -0.39 is 17.3 Å². The van der Waals surface area contributed by atoms with Gasteiger partial charge in [-0.25, -0.2) is 9.18 Å². The first-order chi connectivity index (χ1) is 11.5. The van der Waals surface area contributed by atoms with E-state index in [0.29, 0.717) is 37.0 Å². The standard InChI is InChI=1S/C17H20FNO5/c1-3-4-7-22-8-9-23-15-11(2)24-16(19-15)12-5-6-13(17(20)21)14(18)10-12/h5-6,10H,3-4,7-9H2,1-2H3,(H,20,21). The van der Waals surface area contributed by atoms with Crippen molar-refractivity contribution in [1.29, 1.82) is 0 Å². The molecule has 1 aromatic carbocycles. The maximum atomic E-state index is 13.7. The molecule has 0 aliphatic heterocycles. The Morgan fingerprint density at radius 2 is 2.12 bits per heavy atom. The predicted molar refractivity (Wildman–Crippen MR) is 84.8 cm³/mol. The smallest absolute Gasteiger partial charge is 0.338 e. The van der Waals surface area contributed by atoms with Gasteiger partial charge in [0, 0.05) is 12.2 Å². The Morgan fingerprint density at radius 1 is 1.33 bits per heavy atom. The molecule has 2 rings (SSSR count). The summed E-state index contributed by atoms with van der Waals surface area (Å²) in [6, 6.07) is 3.69. The normalized spacial score (nSPS) is 10.8. The number of rotatable bonds is 9. The third kappa shape index (κ3) is 4.55. The summed E-state index contributed by atoms with van der Waals surface area (Å²) in [5.74, 6) is -1.23. The van der Waals surface area contributed by atoms with Crippen LogP contribution < -0.4 is 4.74 Å². The highest BCUT2D eigenvalue weighted by Crippen LogP contribution is 2.27. The van der Waals surface area contributed by atoms with Crippen LogP contribution in [0.2, 0.25) is 0 Å². The van der Waals surface area contributed by atoms with Crippen LogP contribution in [-0.2, 0) is 4.74 Å². The zero-order chi connectivity index (χ0) is 17.5. The van der Waals surface area contributed by atoms with Crippen molar-refractivity contribution in [3.8, 4) is 17.3 Å². The number of halogens is 1. The van der Waals surface area contributed by atoms with E-state index in [9.17, 15) is 9.18 Å². The second-order valence-electron chi connectivity index (χ2n) is 5.19. The quantitative estimate of drug-likeness (QED) is 0.703. The molecule has 0 spiro atoms. The molecule has 0 fully saturated rings. The minimum atomic E-state index is -1.32. The van der Waals surface area contributed by atoms with Crippen LogP contribution in [0.15, 0.2) is 22.6 Å².